The standard InChI is InChI=1S/C12H8O2/c13-10-6-3-5-9-8-4-1-2-7-11(8)14-12(9)10/h1-4,6-7H,5H2. The predicted molar refractivity (Wildman–Crippen MR) is 53.4 cm³/mol. The third kappa shape index (κ3) is 0.880. The van der Waals surface area contributed by atoms with E-state index in [1.807, 2.05) is 30.3 Å². The lowest BCUT2D eigenvalue weighted by Crippen LogP contribution is -2.01. The van der Waals surface area contributed by atoms with Gasteiger partial charge in [-0.3, -0.25) is 4.79 Å². The fraction of sp³-hybridized carbons (Fsp3) is 0.0833. The van der Waals surface area contributed by atoms with Crippen molar-refractivity contribution in [3.8, 4) is 0 Å². The third-order valence-corrected chi connectivity index (χ3v) is 2.51. The molecule has 1 aliphatic carbocycles. The molecule has 2 nitrogen and oxygen atoms in total. The topological polar surface area (TPSA) is 30.2 Å². The van der Waals surface area contributed by atoms with Gasteiger partial charge >= 0.3 is 0 Å². The van der Waals surface area contributed by atoms with E-state index in [0.717, 1.165) is 23.0 Å². The predicted octanol–water partition coefficient (Wildman–Crippen LogP) is 2.73. The molecule has 2 aromatic rings. The van der Waals surface area contributed by atoms with Crippen LogP contribution >= 0.6 is 0 Å². The molecule has 1 heterocycles. The highest BCUT2D eigenvalue weighted by Gasteiger charge is 2.20. The van der Waals surface area contributed by atoms with Crippen molar-refractivity contribution in [2.24, 2.45) is 0 Å². The molecule has 1 aromatic carbocycles. The summed E-state index contributed by atoms with van der Waals surface area (Å²) in [5.74, 6) is 0.483. The Morgan fingerprint density at radius 3 is 3.00 bits per heavy atom. The molecule has 0 fully saturated rings. The fourth-order valence-electron chi connectivity index (χ4n) is 1.86. The molecule has 2 heteroatoms. The maximum absolute atomic E-state index is 11.5. The van der Waals surface area contributed by atoms with Gasteiger partial charge in [-0.25, -0.2) is 0 Å². The summed E-state index contributed by atoms with van der Waals surface area (Å²) in [4.78, 5) is 11.5. The molecular weight excluding hydrogens is 176 g/mol. The van der Waals surface area contributed by atoms with Gasteiger partial charge in [-0.1, -0.05) is 24.3 Å². The lowest BCUT2D eigenvalue weighted by molar-refractivity contribution is 0.102. The van der Waals surface area contributed by atoms with E-state index in [-0.39, 0.29) is 5.78 Å². The van der Waals surface area contributed by atoms with Crippen LogP contribution in [0.25, 0.3) is 11.0 Å². The molecule has 0 saturated carbocycles. The van der Waals surface area contributed by atoms with E-state index in [1.54, 1.807) is 6.08 Å². The number of carbonyl (C=O) groups excluding carboxylic acids is 1. The molecule has 0 unspecified atom stereocenters. The number of rotatable bonds is 0. The summed E-state index contributed by atoms with van der Waals surface area (Å²) in [5, 5.41) is 1.06. The molecule has 1 aliphatic rings. The average molecular weight is 184 g/mol. The summed E-state index contributed by atoms with van der Waals surface area (Å²) in [5.41, 5.74) is 1.82. The largest absolute Gasteiger partial charge is 0.452 e. The zero-order valence-electron chi connectivity index (χ0n) is 7.49. The Balaban J connectivity index is 2.41. The van der Waals surface area contributed by atoms with Gasteiger partial charge in [-0.05, 0) is 18.6 Å². The smallest absolute Gasteiger partial charge is 0.221 e. The van der Waals surface area contributed by atoms with Crippen LogP contribution in [-0.2, 0) is 6.42 Å². The van der Waals surface area contributed by atoms with E-state index in [9.17, 15) is 4.79 Å². The minimum atomic E-state index is -0.0255. The molecule has 0 aliphatic heterocycles. The first-order valence-electron chi connectivity index (χ1n) is 4.57. The highest BCUT2D eigenvalue weighted by atomic mass is 16.3. The normalized spacial score (nSPS) is 14.7. The second-order valence-corrected chi connectivity index (χ2v) is 3.38. The molecule has 1 aromatic heterocycles. The number of furan rings is 1. The van der Waals surface area contributed by atoms with E-state index >= 15 is 0 Å². The maximum Gasteiger partial charge on any atom is 0.221 e. The summed E-state index contributed by atoms with van der Waals surface area (Å²) < 4.78 is 5.50. The van der Waals surface area contributed by atoms with Crippen molar-refractivity contribution in [1.29, 1.82) is 0 Å². The van der Waals surface area contributed by atoms with Crippen LogP contribution in [0.1, 0.15) is 16.1 Å². The van der Waals surface area contributed by atoms with E-state index in [0.29, 0.717) is 5.76 Å². The van der Waals surface area contributed by atoms with E-state index in [1.165, 1.54) is 0 Å². The number of benzene rings is 1. The Labute approximate surface area is 80.8 Å². The van der Waals surface area contributed by atoms with Gasteiger partial charge < -0.3 is 4.42 Å². The summed E-state index contributed by atoms with van der Waals surface area (Å²) in [6.45, 7) is 0. The zero-order chi connectivity index (χ0) is 9.54. The molecule has 0 radical (unpaired) electrons. The van der Waals surface area contributed by atoms with Crippen molar-refractivity contribution in [2.75, 3.05) is 0 Å². The fourth-order valence-corrected chi connectivity index (χ4v) is 1.86. The van der Waals surface area contributed by atoms with Crippen LogP contribution in [-0.4, -0.2) is 5.78 Å². The van der Waals surface area contributed by atoms with Crippen LogP contribution < -0.4 is 0 Å². The van der Waals surface area contributed by atoms with Gasteiger partial charge in [0.15, 0.2) is 5.76 Å². The summed E-state index contributed by atoms with van der Waals surface area (Å²) in [6.07, 6.45) is 4.25. The van der Waals surface area contributed by atoms with Gasteiger partial charge in [0, 0.05) is 10.9 Å². The van der Waals surface area contributed by atoms with Crippen molar-refractivity contribution in [3.63, 3.8) is 0 Å². The number of hydrogen-bond donors (Lipinski definition) is 0. The molecule has 68 valence electrons. The van der Waals surface area contributed by atoms with Crippen molar-refractivity contribution in [2.45, 2.75) is 6.42 Å². The number of allylic oxidation sites excluding steroid dienone is 2. The van der Waals surface area contributed by atoms with Gasteiger partial charge in [-0.2, -0.15) is 0 Å². The lowest BCUT2D eigenvalue weighted by atomic mass is 10.0. The van der Waals surface area contributed by atoms with Gasteiger partial charge in [0.1, 0.15) is 5.58 Å². The first-order valence-corrected chi connectivity index (χ1v) is 4.57. The molecule has 0 bridgehead atoms. The quantitative estimate of drug-likeness (QED) is 0.630. The third-order valence-electron chi connectivity index (χ3n) is 2.51. The van der Waals surface area contributed by atoms with Crippen molar-refractivity contribution in [3.05, 3.63) is 47.7 Å². The molecule has 3 rings (SSSR count). The first-order chi connectivity index (χ1) is 6.86. The Morgan fingerprint density at radius 2 is 2.07 bits per heavy atom. The molecule has 0 spiro atoms. The summed E-state index contributed by atoms with van der Waals surface area (Å²) >= 11 is 0. The van der Waals surface area contributed by atoms with Gasteiger partial charge in [-0.15, -0.1) is 0 Å². The number of carbonyl (C=O) groups is 1. The van der Waals surface area contributed by atoms with Crippen LogP contribution in [0.5, 0.6) is 0 Å². The average Bonchev–Trinajstić information content (AvgIpc) is 2.59. The number of hydrogen-bond acceptors (Lipinski definition) is 2. The Hall–Kier alpha value is -1.83. The molecule has 14 heavy (non-hydrogen) atoms. The van der Waals surface area contributed by atoms with Gasteiger partial charge in [0.25, 0.3) is 0 Å². The molecule has 0 N–H and O–H groups in total. The number of ketones is 1. The monoisotopic (exact) mass is 184 g/mol. The zero-order valence-corrected chi connectivity index (χ0v) is 7.49. The summed E-state index contributed by atoms with van der Waals surface area (Å²) in [7, 11) is 0. The van der Waals surface area contributed by atoms with Crippen LogP contribution in [0.3, 0.4) is 0 Å². The van der Waals surface area contributed by atoms with E-state index in [2.05, 4.69) is 0 Å². The summed E-state index contributed by atoms with van der Waals surface area (Å²) in [6, 6.07) is 7.75. The molecule has 0 atom stereocenters. The maximum atomic E-state index is 11.5. The second kappa shape index (κ2) is 2.58. The van der Waals surface area contributed by atoms with Gasteiger partial charge in [0.05, 0.1) is 0 Å². The highest BCUT2D eigenvalue weighted by Crippen LogP contribution is 2.28. The minimum absolute atomic E-state index is 0.0255. The lowest BCUT2D eigenvalue weighted by Gasteiger charge is -2.00. The number of para-hydroxylation sites is 1. The van der Waals surface area contributed by atoms with Crippen molar-refractivity contribution >= 4 is 16.8 Å². The first kappa shape index (κ1) is 7.56. The van der Waals surface area contributed by atoms with Crippen molar-refractivity contribution < 1.29 is 9.21 Å². The molecule has 0 amide bonds. The Bertz CT molecular complexity index is 546. The minimum Gasteiger partial charge on any atom is -0.452 e. The number of fused-ring (bicyclic) bond motifs is 3. The van der Waals surface area contributed by atoms with E-state index < -0.39 is 0 Å². The van der Waals surface area contributed by atoms with Gasteiger partial charge in [0.2, 0.25) is 5.78 Å². The molecular formula is C12H8O2. The van der Waals surface area contributed by atoms with Crippen LogP contribution in [0.15, 0.2) is 40.8 Å². The molecule has 0 saturated heterocycles. The van der Waals surface area contributed by atoms with E-state index in [4.69, 9.17) is 4.42 Å². The SMILES string of the molecule is O=C1C=CCc2c1oc1ccccc21. The van der Waals surface area contributed by atoms with Crippen LogP contribution in [0.4, 0.5) is 0 Å². The highest BCUT2D eigenvalue weighted by molar-refractivity contribution is 6.08. The van der Waals surface area contributed by atoms with Crippen LogP contribution in [0, 0.1) is 0 Å². The van der Waals surface area contributed by atoms with Crippen LogP contribution in [0.2, 0.25) is 0 Å². The Kier molecular flexibility index (Phi) is 1.39. The second-order valence-electron chi connectivity index (χ2n) is 3.38. The van der Waals surface area contributed by atoms with Crippen molar-refractivity contribution in [1.82, 2.24) is 0 Å². The Morgan fingerprint density at radius 1 is 1.21 bits per heavy atom.